The van der Waals surface area contributed by atoms with Gasteiger partial charge in [-0.2, -0.15) is 28.4 Å². The summed E-state index contributed by atoms with van der Waals surface area (Å²) in [4.78, 5) is 18.2. The molecule has 42 heavy (non-hydrogen) atoms. The molecule has 0 aliphatic heterocycles. The van der Waals surface area contributed by atoms with Gasteiger partial charge in [-0.1, -0.05) is 0 Å². The van der Waals surface area contributed by atoms with Gasteiger partial charge in [0.05, 0.1) is 34.9 Å². The first-order valence-electron chi connectivity index (χ1n) is 13.6. The van der Waals surface area contributed by atoms with Gasteiger partial charge in [0.1, 0.15) is 23.3 Å². The molecular formula is C29H31F3N8O2. The molecule has 0 bridgehead atoms. The van der Waals surface area contributed by atoms with Gasteiger partial charge in [-0.05, 0) is 71.6 Å². The summed E-state index contributed by atoms with van der Waals surface area (Å²) in [5.41, 5.74) is 3.35. The summed E-state index contributed by atoms with van der Waals surface area (Å²) in [5, 5.41) is 8.39. The van der Waals surface area contributed by atoms with E-state index in [4.69, 9.17) is 14.5 Å². The van der Waals surface area contributed by atoms with Crippen molar-refractivity contribution in [2.45, 2.75) is 83.7 Å². The van der Waals surface area contributed by atoms with E-state index in [1.54, 1.807) is 29.2 Å². The van der Waals surface area contributed by atoms with Crippen LogP contribution in [0, 0.1) is 0 Å². The molecule has 1 saturated carbocycles. The molecule has 10 nitrogen and oxygen atoms in total. The third-order valence-electron chi connectivity index (χ3n) is 6.64. The summed E-state index contributed by atoms with van der Waals surface area (Å²) in [6, 6.07) is 5.72. The number of fused-ring (bicyclic) bond motifs is 2. The number of hydrogen-bond donors (Lipinski definition) is 0. The second-order valence-corrected chi connectivity index (χ2v) is 12.5. The molecule has 13 heteroatoms. The second-order valence-electron chi connectivity index (χ2n) is 12.5. The zero-order chi connectivity index (χ0) is 30.0. The first-order valence-corrected chi connectivity index (χ1v) is 13.6. The molecule has 0 N–H and O–H groups in total. The van der Waals surface area contributed by atoms with Crippen LogP contribution in [0.5, 0.6) is 11.9 Å². The number of rotatable bonds is 6. The summed E-state index contributed by atoms with van der Waals surface area (Å²) in [7, 11) is 0. The van der Waals surface area contributed by atoms with Crippen LogP contribution < -0.4 is 9.47 Å². The molecular weight excluding hydrogens is 549 g/mol. The highest BCUT2D eigenvalue weighted by atomic mass is 19.4. The van der Waals surface area contributed by atoms with E-state index < -0.39 is 23.9 Å². The molecule has 5 aromatic rings. The van der Waals surface area contributed by atoms with Crippen molar-refractivity contribution >= 4 is 16.7 Å². The van der Waals surface area contributed by atoms with E-state index in [-0.39, 0.29) is 17.8 Å². The molecule has 1 fully saturated rings. The number of nitrogens with zero attached hydrogens (tertiary/aromatic N) is 8. The van der Waals surface area contributed by atoms with Gasteiger partial charge in [-0.3, -0.25) is 9.67 Å². The third kappa shape index (κ3) is 5.86. The van der Waals surface area contributed by atoms with Crippen molar-refractivity contribution in [2.75, 3.05) is 0 Å². The molecule has 0 unspecified atom stereocenters. The van der Waals surface area contributed by atoms with E-state index >= 15 is 0 Å². The fourth-order valence-corrected chi connectivity index (χ4v) is 4.92. The Hall–Kier alpha value is -4.29. The molecule has 220 valence electrons. The Morgan fingerprint density at radius 3 is 2.36 bits per heavy atom. The van der Waals surface area contributed by atoms with Gasteiger partial charge in [-0.25, -0.2) is 14.5 Å². The van der Waals surface area contributed by atoms with E-state index in [0.29, 0.717) is 33.8 Å². The fraction of sp³-hybridized carbons (Fsp3) is 0.448. The van der Waals surface area contributed by atoms with Gasteiger partial charge in [0, 0.05) is 24.4 Å². The molecule has 0 aromatic carbocycles. The van der Waals surface area contributed by atoms with E-state index in [9.17, 15) is 13.2 Å². The van der Waals surface area contributed by atoms with Gasteiger partial charge in [-0.15, -0.1) is 0 Å². The standard InChI is InChI=1S/C29H31F3N8O2/c1-27(2,3)41-25-19(13-34-26(38-25)42-28(4,5)6)20-11-22(40-24(37-20)7-8-35-40)18-10-17(18)16-9-23-21(33-12-16)14-36-39(23)15-29(30,31)32/h7-9,11-14,17-18H,10,15H2,1-6H3/t17-,18-/m1/s1. The van der Waals surface area contributed by atoms with Crippen molar-refractivity contribution in [1.29, 1.82) is 0 Å². The highest BCUT2D eigenvalue weighted by Crippen LogP contribution is 2.55. The average molecular weight is 581 g/mol. The molecule has 1 aliphatic rings. The molecule has 0 amide bonds. The van der Waals surface area contributed by atoms with Crippen LogP contribution in [0.25, 0.3) is 27.9 Å². The number of pyridine rings is 1. The van der Waals surface area contributed by atoms with Gasteiger partial charge in [0.2, 0.25) is 5.88 Å². The Morgan fingerprint density at radius 2 is 1.64 bits per heavy atom. The first kappa shape index (κ1) is 27.9. The number of halogens is 3. The van der Waals surface area contributed by atoms with Gasteiger partial charge >= 0.3 is 12.2 Å². The normalized spacial score (nSPS) is 17.6. The highest BCUT2D eigenvalue weighted by Gasteiger charge is 2.42. The predicted octanol–water partition coefficient (Wildman–Crippen LogP) is 6.12. The number of hydrogen-bond acceptors (Lipinski definition) is 8. The van der Waals surface area contributed by atoms with Crippen LogP contribution >= 0.6 is 0 Å². The van der Waals surface area contributed by atoms with Crippen molar-refractivity contribution in [1.82, 2.24) is 39.3 Å². The Labute approximate surface area is 239 Å². The molecule has 5 aromatic heterocycles. The molecule has 0 radical (unpaired) electrons. The molecule has 0 spiro atoms. The first-order chi connectivity index (χ1) is 19.6. The van der Waals surface area contributed by atoms with Crippen LogP contribution in [-0.2, 0) is 6.54 Å². The van der Waals surface area contributed by atoms with Crippen molar-refractivity contribution in [2.24, 2.45) is 0 Å². The van der Waals surface area contributed by atoms with E-state index in [0.717, 1.165) is 22.4 Å². The summed E-state index contributed by atoms with van der Waals surface area (Å²) >= 11 is 0. The van der Waals surface area contributed by atoms with Crippen molar-refractivity contribution in [3.63, 3.8) is 0 Å². The van der Waals surface area contributed by atoms with Crippen molar-refractivity contribution in [3.8, 4) is 23.1 Å². The van der Waals surface area contributed by atoms with Crippen LogP contribution in [0.2, 0.25) is 0 Å². The van der Waals surface area contributed by atoms with E-state index in [2.05, 4.69) is 25.1 Å². The second kappa shape index (κ2) is 9.63. The summed E-state index contributed by atoms with van der Waals surface area (Å²) < 4.78 is 54.1. The summed E-state index contributed by atoms with van der Waals surface area (Å²) in [6.07, 6.45) is 2.80. The minimum Gasteiger partial charge on any atom is -0.471 e. The lowest BCUT2D eigenvalue weighted by Crippen LogP contribution is -2.26. The van der Waals surface area contributed by atoms with Crippen LogP contribution in [-0.4, -0.2) is 56.7 Å². The van der Waals surface area contributed by atoms with Crippen LogP contribution in [0.4, 0.5) is 13.2 Å². The third-order valence-corrected chi connectivity index (χ3v) is 6.64. The summed E-state index contributed by atoms with van der Waals surface area (Å²) in [5.74, 6) is 0.436. The molecule has 5 heterocycles. The van der Waals surface area contributed by atoms with Crippen LogP contribution in [0.15, 0.2) is 43.0 Å². The quantitative estimate of drug-likeness (QED) is 0.237. The van der Waals surface area contributed by atoms with Crippen LogP contribution in [0.1, 0.15) is 71.1 Å². The summed E-state index contributed by atoms with van der Waals surface area (Å²) in [6.45, 7) is 10.4. The monoisotopic (exact) mass is 580 g/mol. The topological polar surface area (TPSA) is 105 Å². The Kier molecular flexibility index (Phi) is 6.39. The average Bonchev–Trinajstić information content (AvgIpc) is 3.34. The zero-order valence-corrected chi connectivity index (χ0v) is 24.1. The lowest BCUT2D eigenvalue weighted by Gasteiger charge is -2.24. The van der Waals surface area contributed by atoms with Gasteiger partial charge < -0.3 is 9.47 Å². The Bertz CT molecular complexity index is 1780. The lowest BCUT2D eigenvalue weighted by atomic mass is 10.1. The maximum atomic E-state index is 13.1. The maximum absolute atomic E-state index is 13.1. The lowest BCUT2D eigenvalue weighted by molar-refractivity contribution is -0.141. The maximum Gasteiger partial charge on any atom is 0.408 e. The van der Waals surface area contributed by atoms with E-state index in [1.807, 2.05) is 53.7 Å². The minimum atomic E-state index is -4.38. The minimum absolute atomic E-state index is 0.0443. The Morgan fingerprint density at radius 1 is 0.881 bits per heavy atom. The van der Waals surface area contributed by atoms with Crippen molar-refractivity contribution < 1.29 is 22.6 Å². The molecule has 2 atom stereocenters. The van der Waals surface area contributed by atoms with E-state index in [1.165, 1.54) is 6.20 Å². The Balaban J connectivity index is 1.37. The molecule has 6 rings (SSSR count). The van der Waals surface area contributed by atoms with Gasteiger partial charge in [0.25, 0.3) is 0 Å². The largest absolute Gasteiger partial charge is 0.471 e. The van der Waals surface area contributed by atoms with Crippen LogP contribution in [0.3, 0.4) is 0 Å². The van der Waals surface area contributed by atoms with Crippen molar-refractivity contribution in [3.05, 3.63) is 54.2 Å². The predicted molar refractivity (Wildman–Crippen MR) is 148 cm³/mol. The highest BCUT2D eigenvalue weighted by molar-refractivity contribution is 5.75. The molecule has 0 saturated heterocycles. The fourth-order valence-electron chi connectivity index (χ4n) is 4.92. The number of aromatic nitrogens is 8. The molecule has 1 aliphatic carbocycles. The smallest absolute Gasteiger partial charge is 0.408 e. The van der Waals surface area contributed by atoms with Gasteiger partial charge in [0.15, 0.2) is 5.65 Å². The number of ether oxygens (including phenoxy) is 2. The SMILES string of the molecule is CC(C)(C)Oc1ncc(-c2cc([C@@H]3C[C@@H]3c3cnc4cnn(CC(F)(F)F)c4c3)n3nccc3n2)c(OC(C)(C)C)n1. The zero-order valence-electron chi connectivity index (χ0n) is 24.1. The number of alkyl halides is 3.